The minimum Gasteiger partial charge on any atom is -0.497 e. The molecule has 88 valence electrons. The van der Waals surface area contributed by atoms with E-state index < -0.39 is 0 Å². The van der Waals surface area contributed by atoms with Crippen LogP contribution >= 0.6 is 39.3 Å². The van der Waals surface area contributed by atoms with Crippen LogP contribution in [0.5, 0.6) is 5.75 Å². The van der Waals surface area contributed by atoms with E-state index in [1.165, 1.54) is 0 Å². The van der Waals surface area contributed by atoms with E-state index in [9.17, 15) is 0 Å². The van der Waals surface area contributed by atoms with Crippen LogP contribution in [0.2, 0.25) is 5.02 Å². The van der Waals surface area contributed by atoms with Gasteiger partial charge in [0.25, 0.3) is 0 Å². The van der Waals surface area contributed by atoms with Gasteiger partial charge in [-0.15, -0.1) is 0 Å². The third kappa shape index (κ3) is 3.41. The highest BCUT2D eigenvalue weighted by atomic mass is 79.9. The van der Waals surface area contributed by atoms with Crippen molar-refractivity contribution < 1.29 is 4.74 Å². The van der Waals surface area contributed by atoms with Crippen molar-refractivity contribution in [2.24, 2.45) is 0 Å². The predicted octanol–water partition coefficient (Wildman–Crippen LogP) is 5.26. The van der Waals surface area contributed by atoms with Gasteiger partial charge in [0.05, 0.1) is 7.11 Å². The molecule has 0 saturated heterocycles. The van der Waals surface area contributed by atoms with E-state index in [-0.39, 0.29) is 0 Å². The van der Waals surface area contributed by atoms with E-state index in [4.69, 9.17) is 16.3 Å². The molecule has 17 heavy (non-hydrogen) atoms. The fourth-order valence-electron chi connectivity index (χ4n) is 1.32. The third-order valence-electron chi connectivity index (χ3n) is 2.18. The molecule has 0 amide bonds. The Labute approximate surface area is 118 Å². The largest absolute Gasteiger partial charge is 0.497 e. The Morgan fingerprint density at radius 2 is 1.82 bits per heavy atom. The fourth-order valence-corrected chi connectivity index (χ4v) is 2.87. The van der Waals surface area contributed by atoms with Gasteiger partial charge >= 0.3 is 0 Å². The van der Waals surface area contributed by atoms with Crippen LogP contribution in [0.25, 0.3) is 0 Å². The van der Waals surface area contributed by atoms with Crippen molar-refractivity contribution >= 4 is 39.3 Å². The van der Waals surface area contributed by atoms with E-state index in [0.717, 1.165) is 25.0 Å². The Kier molecular flexibility index (Phi) is 4.37. The van der Waals surface area contributed by atoms with E-state index in [1.54, 1.807) is 18.9 Å². The van der Waals surface area contributed by atoms with Crippen molar-refractivity contribution in [2.75, 3.05) is 7.11 Å². The van der Waals surface area contributed by atoms with Crippen LogP contribution < -0.4 is 4.74 Å². The third-order valence-corrected chi connectivity index (χ3v) is 4.43. The second kappa shape index (κ2) is 5.80. The summed E-state index contributed by atoms with van der Waals surface area (Å²) in [7, 11) is 1.66. The molecule has 0 aliphatic carbocycles. The predicted molar refractivity (Wildman–Crippen MR) is 76.3 cm³/mol. The van der Waals surface area contributed by atoms with Gasteiger partial charge in [-0.3, -0.25) is 0 Å². The lowest BCUT2D eigenvalue weighted by Crippen LogP contribution is -1.83. The molecule has 0 spiro atoms. The number of ether oxygens (including phenoxy) is 1. The molecule has 0 aromatic heterocycles. The molecule has 0 radical (unpaired) electrons. The van der Waals surface area contributed by atoms with Crippen molar-refractivity contribution in [3.8, 4) is 5.75 Å². The molecule has 0 saturated carbocycles. The van der Waals surface area contributed by atoms with Gasteiger partial charge in [-0.25, -0.2) is 0 Å². The summed E-state index contributed by atoms with van der Waals surface area (Å²) < 4.78 is 6.18. The van der Waals surface area contributed by atoms with E-state index in [2.05, 4.69) is 15.9 Å². The first-order chi connectivity index (χ1) is 8.19. The van der Waals surface area contributed by atoms with Crippen molar-refractivity contribution in [1.82, 2.24) is 0 Å². The minimum atomic E-state index is 0.753. The summed E-state index contributed by atoms with van der Waals surface area (Å²) in [5.74, 6) is 0.845. The van der Waals surface area contributed by atoms with Crippen molar-refractivity contribution in [3.63, 3.8) is 0 Å². The Morgan fingerprint density at radius 1 is 1.12 bits per heavy atom. The summed E-state index contributed by atoms with van der Waals surface area (Å²) in [4.78, 5) is 2.30. The lowest BCUT2D eigenvalue weighted by atomic mass is 10.3. The molecule has 2 aromatic carbocycles. The number of hydrogen-bond acceptors (Lipinski definition) is 2. The van der Waals surface area contributed by atoms with Gasteiger partial charge in [0.2, 0.25) is 0 Å². The van der Waals surface area contributed by atoms with Gasteiger partial charge in [-0.05, 0) is 58.4 Å². The molecule has 2 rings (SSSR count). The molecule has 0 fully saturated rings. The zero-order valence-electron chi connectivity index (χ0n) is 9.11. The topological polar surface area (TPSA) is 9.23 Å². The SMILES string of the molecule is COc1ccc(Sc2ccc(Cl)cc2)c(Br)c1. The molecule has 0 N–H and O–H groups in total. The summed E-state index contributed by atoms with van der Waals surface area (Å²) in [6, 6.07) is 13.7. The quantitative estimate of drug-likeness (QED) is 0.759. The highest BCUT2D eigenvalue weighted by Crippen LogP contribution is 2.35. The Bertz CT molecular complexity index is 513. The first-order valence-corrected chi connectivity index (χ1v) is 6.95. The maximum Gasteiger partial charge on any atom is 0.120 e. The van der Waals surface area contributed by atoms with Crippen LogP contribution in [0.4, 0.5) is 0 Å². The van der Waals surface area contributed by atoms with Crippen molar-refractivity contribution in [2.45, 2.75) is 9.79 Å². The second-order valence-electron chi connectivity index (χ2n) is 3.35. The fraction of sp³-hybridized carbons (Fsp3) is 0.0769. The molecular formula is C13H10BrClOS. The number of benzene rings is 2. The molecule has 1 nitrogen and oxygen atoms in total. The second-order valence-corrected chi connectivity index (χ2v) is 5.76. The summed E-state index contributed by atoms with van der Waals surface area (Å²) in [6.45, 7) is 0. The van der Waals surface area contributed by atoms with Gasteiger partial charge in [-0.1, -0.05) is 23.4 Å². The zero-order chi connectivity index (χ0) is 12.3. The standard InChI is InChI=1S/C13H10BrClOS/c1-16-10-4-7-13(12(14)8-10)17-11-5-2-9(15)3-6-11/h2-8H,1H3. The van der Waals surface area contributed by atoms with Crippen LogP contribution in [0.15, 0.2) is 56.7 Å². The van der Waals surface area contributed by atoms with E-state index >= 15 is 0 Å². The van der Waals surface area contributed by atoms with Crippen LogP contribution in [-0.4, -0.2) is 7.11 Å². The molecule has 0 heterocycles. The van der Waals surface area contributed by atoms with Gasteiger partial charge in [0.1, 0.15) is 5.75 Å². The summed E-state index contributed by atoms with van der Waals surface area (Å²) in [5.41, 5.74) is 0. The van der Waals surface area contributed by atoms with Gasteiger partial charge in [0.15, 0.2) is 0 Å². The first-order valence-electron chi connectivity index (χ1n) is 4.96. The number of rotatable bonds is 3. The van der Waals surface area contributed by atoms with Crippen molar-refractivity contribution in [3.05, 3.63) is 52.0 Å². The molecule has 4 heteroatoms. The maximum absolute atomic E-state index is 5.85. The van der Waals surface area contributed by atoms with E-state index in [1.807, 2.05) is 42.5 Å². The number of halogens is 2. The van der Waals surface area contributed by atoms with Crippen LogP contribution in [0.1, 0.15) is 0 Å². The zero-order valence-corrected chi connectivity index (χ0v) is 12.3. The monoisotopic (exact) mass is 328 g/mol. The van der Waals surface area contributed by atoms with Crippen molar-refractivity contribution in [1.29, 1.82) is 0 Å². The minimum absolute atomic E-state index is 0.753. The highest BCUT2D eigenvalue weighted by Gasteiger charge is 2.04. The number of methoxy groups -OCH3 is 1. The van der Waals surface area contributed by atoms with Gasteiger partial charge < -0.3 is 4.74 Å². The summed E-state index contributed by atoms with van der Waals surface area (Å²) in [5, 5.41) is 0.753. The Hall–Kier alpha value is -0.640. The molecule has 0 atom stereocenters. The smallest absolute Gasteiger partial charge is 0.120 e. The van der Waals surface area contributed by atoms with Gasteiger partial charge in [0, 0.05) is 19.3 Å². The Morgan fingerprint density at radius 3 is 2.41 bits per heavy atom. The summed E-state index contributed by atoms with van der Waals surface area (Å²) >= 11 is 11.1. The molecule has 0 aliphatic rings. The van der Waals surface area contributed by atoms with Crippen LogP contribution in [-0.2, 0) is 0 Å². The number of hydrogen-bond donors (Lipinski definition) is 0. The Balaban J connectivity index is 2.21. The molecule has 0 bridgehead atoms. The lowest BCUT2D eigenvalue weighted by molar-refractivity contribution is 0.414. The van der Waals surface area contributed by atoms with E-state index in [0.29, 0.717) is 0 Å². The van der Waals surface area contributed by atoms with Crippen LogP contribution in [0.3, 0.4) is 0 Å². The maximum atomic E-state index is 5.85. The normalized spacial score (nSPS) is 10.3. The van der Waals surface area contributed by atoms with Crippen LogP contribution in [0, 0.1) is 0 Å². The average molecular weight is 330 g/mol. The van der Waals surface area contributed by atoms with Gasteiger partial charge in [-0.2, -0.15) is 0 Å². The first kappa shape index (κ1) is 12.8. The molecule has 0 unspecified atom stereocenters. The summed E-state index contributed by atoms with van der Waals surface area (Å²) in [6.07, 6.45) is 0. The lowest BCUT2D eigenvalue weighted by Gasteiger charge is -2.06. The average Bonchev–Trinajstić information content (AvgIpc) is 2.34. The molecule has 2 aromatic rings. The highest BCUT2D eigenvalue weighted by molar-refractivity contribution is 9.10. The molecular weight excluding hydrogens is 320 g/mol. The molecule has 0 aliphatic heterocycles.